The Morgan fingerprint density at radius 2 is 1.35 bits per heavy atom. The molecule has 3 heteroatoms. The Balaban J connectivity index is 1.50. The first-order valence-corrected chi connectivity index (χ1v) is 12.7. The maximum atomic E-state index is 9.25. The molecule has 0 spiro atoms. The minimum absolute atomic E-state index is 0.121. The van der Waals surface area contributed by atoms with E-state index in [0.29, 0.717) is 27.9 Å². The van der Waals surface area contributed by atoms with Gasteiger partial charge in [0.1, 0.15) is 0 Å². The molecule has 0 bridgehead atoms. The molecule has 3 heterocycles. The zero-order valence-electron chi connectivity index (χ0n) is 25.4. The summed E-state index contributed by atoms with van der Waals surface area (Å²) < 4.78 is 55.7. The highest BCUT2D eigenvalue weighted by Crippen LogP contribution is 2.40. The van der Waals surface area contributed by atoms with Crippen molar-refractivity contribution in [1.82, 2.24) is 9.97 Å². The van der Waals surface area contributed by atoms with Crippen molar-refractivity contribution < 1.29 is 8.22 Å². The van der Waals surface area contributed by atoms with Gasteiger partial charge in [0.05, 0.1) is 25.0 Å². The largest absolute Gasteiger partial charge is 0.254 e. The number of thiophene rings is 1. The first kappa shape index (κ1) is 15.5. The molecule has 5 aromatic carbocycles. The van der Waals surface area contributed by atoms with Crippen molar-refractivity contribution in [3.8, 4) is 22.4 Å². The van der Waals surface area contributed by atoms with E-state index < -0.39 is 6.04 Å². The Hall–Kier alpha value is -4.60. The first-order valence-electron chi connectivity index (χ1n) is 14.9. The second-order valence-corrected chi connectivity index (χ2v) is 10.1. The van der Waals surface area contributed by atoms with E-state index in [1.807, 2.05) is 66.7 Å². The minimum atomic E-state index is -0.394. The number of pyridine rings is 2. The van der Waals surface area contributed by atoms with Crippen molar-refractivity contribution in [3.63, 3.8) is 0 Å². The van der Waals surface area contributed by atoms with Crippen LogP contribution >= 0.6 is 11.3 Å². The molecule has 0 fully saturated rings. The molecular formula is C34H20N2S. The van der Waals surface area contributed by atoms with Crippen LogP contribution in [0, 0.1) is 0 Å². The fourth-order valence-electron chi connectivity index (χ4n) is 5.09. The highest BCUT2D eigenvalue weighted by molar-refractivity contribution is 7.25. The van der Waals surface area contributed by atoms with Crippen LogP contribution in [0.15, 0.2) is 121 Å². The lowest BCUT2D eigenvalue weighted by atomic mass is 9.93. The standard InChI is InChI=1S/C34H20N2S/c1-2-8-26-25(7-1)24(23-14-18-32-29(20-23)28-9-3-4-10-31(28)37-32)15-16-27(26)30-17-13-22-12-11-21-6-5-19-35-33(21)34(22)36-30/h1-20H/i1D,2D,7D,8D,15D,16D. The molecular weight excluding hydrogens is 468 g/mol. The number of hydrogen-bond donors (Lipinski definition) is 0. The maximum absolute atomic E-state index is 9.25. The molecule has 0 aliphatic rings. The van der Waals surface area contributed by atoms with Crippen LogP contribution in [-0.2, 0) is 0 Å². The molecule has 8 rings (SSSR count). The van der Waals surface area contributed by atoms with Gasteiger partial charge in [-0.2, -0.15) is 0 Å². The predicted molar refractivity (Wildman–Crippen MR) is 158 cm³/mol. The van der Waals surface area contributed by atoms with Gasteiger partial charge in [0.15, 0.2) is 0 Å². The highest BCUT2D eigenvalue weighted by atomic mass is 32.1. The van der Waals surface area contributed by atoms with Crippen molar-refractivity contribution in [3.05, 3.63) is 121 Å². The van der Waals surface area contributed by atoms with Crippen LogP contribution in [0.3, 0.4) is 0 Å². The Kier molecular flexibility index (Phi) is 3.33. The van der Waals surface area contributed by atoms with E-state index in [-0.39, 0.29) is 46.5 Å². The fraction of sp³-hybridized carbons (Fsp3) is 0. The monoisotopic (exact) mass is 494 g/mol. The molecule has 0 atom stereocenters. The lowest BCUT2D eigenvalue weighted by Crippen LogP contribution is -1.91. The molecule has 0 aliphatic heterocycles. The summed E-state index contributed by atoms with van der Waals surface area (Å²) in [5.41, 5.74) is 2.80. The number of benzene rings is 5. The van der Waals surface area contributed by atoms with Crippen LogP contribution in [0.5, 0.6) is 0 Å². The summed E-state index contributed by atoms with van der Waals surface area (Å²) in [6.07, 6.45) is 1.70. The smallest absolute Gasteiger partial charge is 0.0972 e. The van der Waals surface area contributed by atoms with Crippen LogP contribution in [0.2, 0.25) is 0 Å². The average molecular weight is 495 g/mol. The van der Waals surface area contributed by atoms with E-state index >= 15 is 0 Å². The predicted octanol–water partition coefficient (Wildman–Crippen LogP) is 9.64. The SMILES string of the molecule is [2H]c1c([2H])c([2H])c2c(-c3ccc4ccc5cccnc5c4n3)c([2H])c([2H])c(-c3ccc4sc5ccccc5c4c3)c2c1[2H]. The molecule has 37 heavy (non-hydrogen) atoms. The van der Waals surface area contributed by atoms with E-state index in [4.69, 9.17) is 10.5 Å². The number of fused-ring (bicyclic) bond motifs is 7. The lowest BCUT2D eigenvalue weighted by Gasteiger charge is -2.13. The second kappa shape index (κ2) is 7.95. The topological polar surface area (TPSA) is 25.8 Å². The first-order chi connectivity index (χ1) is 20.8. The van der Waals surface area contributed by atoms with E-state index in [0.717, 1.165) is 30.9 Å². The Labute approximate surface area is 225 Å². The van der Waals surface area contributed by atoms with Gasteiger partial charge in [0, 0.05) is 42.7 Å². The molecule has 3 aromatic heterocycles. The van der Waals surface area contributed by atoms with Crippen LogP contribution in [0.25, 0.3) is 75.1 Å². The molecule has 172 valence electrons. The number of hydrogen-bond acceptors (Lipinski definition) is 3. The van der Waals surface area contributed by atoms with Gasteiger partial charge in [-0.05, 0) is 52.2 Å². The second-order valence-electron chi connectivity index (χ2n) is 8.97. The molecule has 0 radical (unpaired) electrons. The van der Waals surface area contributed by atoms with E-state index in [9.17, 15) is 2.74 Å². The molecule has 0 saturated carbocycles. The van der Waals surface area contributed by atoms with Crippen molar-refractivity contribution in [2.75, 3.05) is 0 Å². The zero-order valence-corrected chi connectivity index (χ0v) is 20.2. The van der Waals surface area contributed by atoms with Crippen LogP contribution in [0.4, 0.5) is 0 Å². The van der Waals surface area contributed by atoms with Crippen LogP contribution < -0.4 is 0 Å². The summed E-state index contributed by atoms with van der Waals surface area (Å²) in [6, 6.07) is 23.7. The van der Waals surface area contributed by atoms with Gasteiger partial charge in [-0.3, -0.25) is 4.98 Å². The number of nitrogens with zero attached hydrogens (tertiary/aromatic N) is 2. The summed E-state index contributed by atoms with van der Waals surface area (Å²) in [6.45, 7) is 0. The number of rotatable bonds is 2. The summed E-state index contributed by atoms with van der Waals surface area (Å²) >= 11 is 1.67. The van der Waals surface area contributed by atoms with Gasteiger partial charge in [-0.1, -0.05) is 84.8 Å². The van der Waals surface area contributed by atoms with Gasteiger partial charge >= 0.3 is 0 Å². The summed E-state index contributed by atoms with van der Waals surface area (Å²) in [5.74, 6) is 0. The van der Waals surface area contributed by atoms with Crippen molar-refractivity contribution >= 4 is 64.1 Å². The Bertz CT molecular complexity index is 2490. The van der Waals surface area contributed by atoms with Gasteiger partial charge in [0.25, 0.3) is 0 Å². The van der Waals surface area contributed by atoms with Crippen LogP contribution in [-0.4, -0.2) is 9.97 Å². The molecule has 0 N–H and O–H groups in total. The van der Waals surface area contributed by atoms with Gasteiger partial charge < -0.3 is 0 Å². The Morgan fingerprint density at radius 1 is 0.595 bits per heavy atom. The summed E-state index contributed by atoms with van der Waals surface area (Å²) in [4.78, 5) is 9.43. The normalized spacial score (nSPS) is 14.1. The lowest BCUT2D eigenvalue weighted by molar-refractivity contribution is 1.37. The molecule has 2 nitrogen and oxygen atoms in total. The quantitative estimate of drug-likeness (QED) is 0.224. The zero-order chi connectivity index (χ0) is 29.6. The van der Waals surface area contributed by atoms with Gasteiger partial charge in [-0.15, -0.1) is 11.3 Å². The summed E-state index contributed by atoms with van der Waals surface area (Å²) in [5, 5.41) is 4.22. The molecule has 0 aliphatic carbocycles. The van der Waals surface area contributed by atoms with Crippen molar-refractivity contribution in [1.29, 1.82) is 0 Å². The number of aromatic nitrogens is 2. The summed E-state index contributed by atoms with van der Waals surface area (Å²) in [7, 11) is 0. The maximum Gasteiger partial charge on any atom is 0.0972 e. The van der Waals surface area contributed by atoms with Crippen LogP contribution in [0.1, 0.15) is 8.22 Å². The van der Waals surface area contributed by atoms with Crippen molar-refractivity contribution in [2.45, 2.75) is 0 Å². The third kappa shape index (κ3) is 3.18. The van der Waals surface area contributed by atoms with Crippen molar-refractivity contribution in [2.24, 2.45) is 0 Å². The molecule has 0 amide bonds. The molecule has 0 unspecified atom stereocenters. The Morgan fingerprint density at radius 3 is 2.27 bits per heavy atom. The van der Waals surface area contributed by atoms with Gasteiger partial charge in [-0.25, -0.2) is 4.98 Å². The molecule has 0 saturated heterocycles. The van der Waals surface area contributed by atoms with Gasteiger partial charge in [0.2, 0.25) is 0 Å². The molecule has 8 aromatic rings. The fourth-order valence-corrected chi connectivity index (χ4v) is 6.18. The average Bonchev–Trinajstić information content (AvgIpc) is 3.41. The highest BCUT2D eigenvalue weighted by Gasteiger charge is 2.13. The van der Waals surface area contributed by atoms with E-state index in [1.165, 1.54) is 0 Å². The third-order valence-electron chi connectivity index (χ3n) is 6.85. The minimum Gasteiger partial charge on any atom is -0.254 e. The van der Waals surface area contributed by atoms with E-state index in [1.54, 1.807) is 23.6 Å². The van der Waals surface area contributed by atoms with E-state index in [2.05, 4.69) is 11.1 Å². The third-order valence-corrected chi connectivity index (χ3v) is 8.01.